The van der Waals surface area contributed by atoms with E-state index >= 15 is 0 Å². The van der Waals surface area contributed by atoms with Crippen molar-refractivity contribution in [3.8, 4) is 0 Å². The monoisotopic (exact) mass is 346 g/mol. The lowest BCUT2D eigenvalue weighted by Crippen LogP contribution is -2.29. The quantitative estimate of drug-likeness (QED) is 0.682. The fraction of sp³-hybridized carbons (Fsp3) is 0.350. The first-order valence-electron chi connectivity index (χ1n) is 8.29. The first-order chi connectivity index (χ1) is 11.3. The summed E-state index contributed by atoms with van der Waals surface area (Å²) >= 11 is 0. The third-order valence-corrected chi connectivity index (χ3v) is 3.97. The molecule has 3 nitrogen and oxygen atoms in total. The number of rotatable bonds is 9. The van der Waals surface area contributed by atoms with Crippen LogP contribution in [0.1, 0.15) is 29.9 Å². The minimum atomic E-state index is 0. The van der Waals surface area contributed by atoms with E-state index in [2.05, 4.69) is 59.2 Å². The number of carbonyl (C=O) groups is 1. The largest absolute Gasteiger partial charge is 0.355 e. The van der Waals surface area contributed by atoms with E-state index in [1.165, 1.54) is 11.1 Å². The van der Waals surface area contributed by atoms with Crippen molar-refractivity contribution < 1.29 is 4.79 Å². The highest BCUT2D eigenvalue weighted by atomic mass is 35.5. The van der Waals surface area contributed by atoms with Crippen LogP contribution >= 0.6 is 12.4 Å². The van der Waals surface area contributed by atoms with Crippen molar-refractivity contribution in [3.63, 3.8) is 0 Å². The van der Waals surface area contributed by atoms with Gasteiger partial charge >= 0.3 is 0 Å². The summed E-state index contributed by atoms with van der Waals surface area (Å²) in [5.41, 5.74) is 2.57. The molecule has 0 saturated heterocycles. The molecule has 2 rings (SSSR count). The van der Waals surface area contributed by atoms with E-state index in [9.17, 15) is 4.79 Å². The molecule has 1 unspecified atom stereocenters. The van der Waals surface area contributed by atoms with Crippen molar-refractivity contribution in [1.82, 2.24) is 10.6 Å². The molecule has 0 fully saturated rings. The summed E-state index contributed by atoms with van der Waals surface area (Å²) < 4.78 is 0. The van der Waals surface area contributed by atoms with Gasteiger partial charge in [0.25, 0.3) is 0 Å². The maximum Gasteiger partial charge on any atom is 0.220 e. The summed E-state index contributed by atoms with van der Waals surface area (Å²) in [4.78, 5) is 12.0. The van der Waals surface area contributed by atoms with Gasteiger partial charge in [0.15, 0.2) is 0 Å². The van der Waals surface area contributed by atoms with Gasteiger partial charge in [0.1, 0.15) is 0 Å². The van der Waals surface area contributed by atoms with Crippen LogP contribution in [0.2, 0.25) is 0 Å². The van der Waals surface area contributed by atoms with Gasteiger partial charge in [0, 0.05) is 18.9 Å². The van der Waals surface area contributed by atoms with Crippen LogP contribution in [-0.4, -0.2) is 26.0 Å². The van der Waals surface area contributed by atoms with E-state index in [0.29, 0.717) is 18.9 Å². The van der Waals surface area contributed by atoms with Crippen molar-refractivity contribution in [1.29, 1.82) is 0 Å². The molecule has 2 aromatic carbocycles. The molecule has 2 aromatic rings. The first kappa shape index (κ1) is 20.2. The fourth-order valence-corrected chi connectivity index (χ4v) is 2.68. The molecule has 1 atom stereocenters. The van der Waals surface area contributed by atoms with Crippen molar-refractivity contribution in [2.45, 2.75) is 25.2 Å². The van der Waals surface area contributed by atoms with E-state index in [0.717, 1.165) is 19.4 Å². The lowest BCUT2D eigenvalue weighted by Gasteiger charge is -2.18. The molecule has 0 aliphatic rings. The predicted molar refractivity (Wildman–Crippen MR) is 103 cm³/mol. The number of hydrogen-bond donors (Lipinski definition) is 2. The number of hydrogen-bond acceptors (Lipinski definition) is 2. The van der Waals surface area contributed by atoms with Crippen molar-refractivity contribution in [2.24, 2.45) is 0 Å². The smallest absolute Gasteiger partial charge is 0.220 e. The standard InChI is InChI=1S/C20H26N2O.ClH/c1-21-14-8-13-20(23)22-16-19(18-11-6-3-7-12-18)15-17-9-4-2-5-10-17;/h2-7,9-12,19,21H,8,13-16H2,1H3,(H,22,23);1H. The van der Waals surface area contributed by atoms with Crippen molar-refractivity contribution in [3.05, 3.63) is 71.8 Å². The minimum Gasteiger partial charge on any atom is -0.355 e. The van der Waals surface area contributed by atoms with Crippen LogP contribution in [0, 0.1) is 0 Å². The summed E-state index contributed by atoms with van der Waals surface area (Å²) in [6, 6.07) is 20.9. The highest BCUT2D eigenvalue weighted by Crippen LogP contribution is 2.20. The van der Waals surface area contributed by atoms with Gasteiger partial charge < -0.3 is 10.6 Å². The second kappa shape index (κ2) is 11.7. The number of halogens is 1. The molecule has 0 radical (unpaired) electrons. The number of benzene rings is 2. The Morgan fingerprint density at radius 2 is 1.62 bits per heavy atom. The molecule has 0 bridgehead atoms. The van der Waals surface area contributed by atoms with Crippen molar-refractivity contribution in [2.75, 3.05) is 20.1 Å². The van der Waals surface area contributed by atoms with Crippen LogP contribution < -0.4 is 10.6 Å². The Labute approximate surface area is 151 Å². The molecule has 4 heteroatoms. The summed E-state index contributed by atoms with van der Waals surface area (Å²) in [6.45, 7) is 1.55. The topological polar surface area (TPSA) is 41.1 Å². The van der Waals surface area contributed by atoms with Gasteiger partial charge in [-0.15, -0.1) is 12.4 Å². The van der Waals surface area contributed by atoms with Gasteiger partial charge in [-0.3, -0.25) is 4.79 Å². The zero-order chi connectivity index (χ0) is 16.3. The van der Waals surface area contributed by atoms with Gasteiger partial charge in [-0.25, -0.2) is 0 Å². The normalized spacial score (nSPS) is 11.4. The van der Waals surface area contributed by atoms with Crippen LogP contribution in [0.3, 0.4) is 0 Å². The Morgan fingerprint density at radius 3 is 2.25 bits per heavy atom. The molecule has 24 heavy (non-hydrogen) atoms. The summed E-state index contributed by atoms with van der Waals surface area (Å²) in [5, 5.41) is 6.16. The molecule has 0 aromatic heterocycles. The zero-order valence-electron chi connectivity index (χ0n) is 14.2. The second-order valence-corrected chi connectivity index (χ2v) is 5.81. The Morgan fingerprint density at radius 1 is 1.00 bits per heavy atom. The number of carbonyl (C=O) groups excluding carboxylic acids is 1. The van der Waals surface area contributed by atoms with E-state index in [1.807, 2.05) is 19.2 Å². The molecular formula is C20H27ClN2O. The third kappa shape index (κ3) is 7.16. The molecular weight excluding hydrogens is 320 g/mol. The lowest BCUT2D eigenvalue weighted by atomic mass is 9.92. The van der Waals surface area contributed by atoms with E-state index in [1.54, 1.807) is 0 Å². The molecule has 1 amide bonds. The average molecular weight is 347 g/mol. The number of nitrogens with one attached hydrogen (secondary N) is 2. The molecule has 0 aliphatic heterocycles. The van der Waals surface area contributed by atoms with Gasteiger partial charge in [-0.1, -0.05) is 60.7 Å². The summed E-state index contributed by atoms with van der Waals surface area (Å²) in [6.07, 6.45) is 2.38. The van der Waals surface area contributed by atoms with Crippen LogP contribution in [0.5, 0.6) is 0 Å². The van der Waals surface area contributed by atoms with E-state index < -0.39 is 0 Å². The second-order valence-electron chi connectivity index (χ2n) is 5.81. The molecule has 2 N–H and O–H groups in total. The van der Waals surface area contributed by atoms with E-state index in [4.69, 9.17) is 0 Å². The SMILES string of the molecule is CNCCCC(=O)NCC(Cc1ccccc1)c1ccccc1.Cl. The number of amides is 1. The Bertz CT molecular complexity index is 575. The third-order valence-electron chi connectivity index (χ3n) is 3.97. The Balaban J connectivity index is 0.00000288. The molecule has 0 spiro atoms. The predicted octanol–water partition coefficient (Wildman–Crippen LogP) is 3.55. The summed E-state index contributed by atoms with van der Waals surface area (Å²) in [7, 11) is 1.91. The maximum absolute atomic E-state index is 12.0. The van der Waals surface area contributed by atoms with Crippen LogP contribution in [-0.2, 0) is 11.2 Å². The van der Waals surface area contributed by atoms with Crippen molar-refractivity contribution >= 4 is 18.3 Å². The molecule has 0 heterocycles. The highest BCUT2D eigenvalue weighted by molar-refractivity contribution is 5.85. The average Bonchev–Trinajstić information content (AvgIpc) is 2.60. The Kier molecular flexibility index (Phi) is 9.81. The zero-order valence-corrected chi connectivity index (χ0v) is 15.0. The van der Waals surface area contributed by atoms with Gasteiger partial charge in [-0.2, -0.15) is 0 Å². The van der Waals surface area contributed by atoms with Gasteiger partial charge in [0.2, 0.25) is 5.91 Å². The Hall–Kier alpha value is -1.84. The maximum atomic E-state index is 12.0. The highest BCUT2D eigenvalue weighted by Gasteiger charge is 2.13. The van der Waals surface area contributed by atoms with E-state index in [-0.39, 0.29) is 18.3 Å². The van der Waals surface area contributed by atoms with Crippen LogP contribution in [0.4, 0.5) is 0 Å². The fourth-order valence-electron chi connectivity index (χ4n) is 2.68. The van der Waals surface area contributed by atoms with Crippen LogP contribution in [0.25, 0.3) is 0 Å². The van der Waals surface area contributed by atoms with Gasteiger partial charge in [0.05, 0.1) is 0 Å². The minimum absolute atomic E-state index is 0. The first-order valence-corrected chi connectivity index (χ1v) is 8.29. The summed E-state index contributed by atoms with van der Waals surface area (Å²) in [5.74, 6) is 0.432. The molecule has 0 saturated carbocycles. The molecule has 0 aliphatic carbocycles. The lowest BCUT2D eigenvalue weighted by molar-refractivity contribution is -0.121. The molecule has 130 valence electrons. The van der Waals surface area contributed by atoms with Gasteiger partial charge in [-0.05, 0) is 37.6 Å². The van der Waals surface area contributed by atoms with Crippen LogP contribution in [0.15, 0.2) is 60.7 Å².